The average Bonchev–Trinajstić information content (AvgIpc) is 2.26. The Hall–Kier alpha value is -1.12. The van der Waals surface area contributed by atoms with Crippen molar-refractivity contribution in [2.45, 2.75) is 65.8 Å². The standard InChI is InChI=1S/C15H25N3/c1-5-12-9-14(17-11(2)16-12)18-13-7-6-8-15(3,4)10-13/h9,13H,5-8,10H2,1-4H3,(H,16,17,18). The number of hydrogen-bond acceptors (Lipinski definition) is 3. The molecule has 0 saturated heterocycles. The van der Waals surface area contributed by atoms with Gasteiger partial charge in [-0.3, -0.25) is 0 Å². The maximum Gasteiger partial charge on any atom is 0.130 e. The molecule has 1 fully saturated rings. The van der Waals surface area contributed by atoms with Crippen LogP contribution in [0.5, 0.6) is 0 Å². The van der Waals surface area contributed by atoms with Gasteiger partial charge in [-0.1, -0.05) is 27.2 Å². The van der Waals surface area contributed by atoms with E-state index in [0.29, 0.717) is 11.5 Å². The van der Waals surface area contributed by atoms with E-state index >= 15 is 0 Å². The molecule has 18 heavy (non-hydrogen) atoms. The van der Waals surface area contributed by atoms with Crippen molar-refractivity contribution in [2.24, 2.45) is 5.41 Å². The molecule has 1 heterocycles. The molecular weight excluding hydrogens is 222 g/mol. The summed E-state index contributed by atoms with van der Waals surface area (Å²) in [5, 5.41) is 3.60. The van der Waals surface area contributed by atoms with Crippen LogP contribution in [0.25, 0.3) is 0 Å². The zero-order valence-corrected chi connectivity index (χ0v) is 12.1. The molecule has 3 heteroatoms. The highest BCUT2D eigenvalue weighted by molar-refractivity contribution is 5.37. The molecule has 1 unspecified atom stereocenters. The number of nitrogens with zero attached hydrogens (tertiary/aromatic N) is 2. The van der Waals surface area contributed by atoms with Gasteiger partial charge in [0.15, 0.2) is 0 Å². The first-order chi connectivity index (χ1) is 8.48. The highest BCUT2D eigenvalue weighted by Gasteiger charge is 2.28. The Morgan fingerprint density at radius 1 is 1.39 bits per heavy atom. The fourth-order valence-electron chi connectivity index (χ4n) is 2.92. The van der Waals surface area contributed by atoms with E-state index in [1.165, 1.54) is 25.7 Å². The fourth-order valence-corrected chi connectivity index (χ4v) is 2.92. The average molecular weight is 247 g/mol. The van der Waals surface area contributed by atoms with Crippen molar-refractivity contribution in [3.8, 4) is 0 Å². The lowest BCUT2D eigenvalue weighted by Gasteiger charge is -2.35. The molecule has 2 rings (SSSR count). The van der Waals surface area contributed by atoms with E-state index in [2.05, 4.69) is 42.1 Å². The second-order valence-electron chi connectivity index (χ2n) is 6.25. The van der Waals surface area contributed by atoms with Crippen LogP contribution in [-0.2, 0) is 6.42 Å². The predicted octanol–water partition coefficient (Wildman–Crippen LogP) is 3.73. The maximum absolute atomic E-state index is 4.50. The molecule has 1 aromatic rings. The molecule has 100 valence electrons. The van der Waals surface area contributed by atoms with Gasteiger partial charge >= 0.3 is 0 Å². The molecule has 3 nitrogen and oxygen atoms in total. The van der Waals surface area contributed by atoms with E-state index in [4.69, 9.17) is 0 Å². The number of anilines is 1. The molecule has 1 aliphatic carbocycles. The van der Waals surface area contributed by atoms with Crippen molar-refractivity contribution in [3.63, 3.8) is 0 Å². The van der Waals surface area contributed by atoms with Crippen LogP contribution in [-0.4, -0.2) is 16.0 Å². The first-order valence-corrected chi connectivity index (χ1v) is 7.09. The summed E-state index contributed by atoms with van der Waals surface area (Å²) in [5.41, 5.74) is 1.59. The van der Waals surface area contributed by atoms with Crippen LogP contribution in [0.4, 0.5) is 5.82 Å². The third kappa shape index (κ3) is 3.44. The van der Waals surface area contributed by atoms with Crippen molar-refractivity contribution in [1.82, 2.24) is 9.97 Å². The Bertz CT molecular complexity index is 412. The molecule has 0 amide bonds. The second kappa shape index (κ2) is 5.25. The Kier molecular flexibility index (Phi) is 3.88. The second-order valence-corrected chi connectivity index (χ2v) is 6.25. The lowest BCUT2D eigenvalue weighted by Crippen LogP contribution is -2.32. The van der Waals surface area contributed by atoms with Crippen LogP contribution in [0, 0.1) is 12.3 Å². The monoisotopic (exact) mass is 247 g/mol. The van der Waals surface area contributed by atoms with Gasteiger partial charge in [0, 0.05) is 17.8 Å². The Balaban J connectivity index is 2.07. The van der Waals surface area contributed by atoms with Gasteiger partial charge in [-0.15, -0.1) is 0 Å². The zero-order chi connectivity index (χ0) is 13.2. The molecule has 0 spiro atoms. The molecule has 0 aliphatic heterocycles. The van der Waals surface area contributed by atoms with E-state index in [1.807, 2.05) is 6.92 Å². The van der Waals surface area contributed by atoms with Crippen molar-refractivity contribution in [2.75, 3.05) is 5.32 Å². The number of nitrogens with one attached hydrogen (secondary N) is 1. The van der Waals surface area contributed by atoms with Crippen LogP contribution < -0.4 is 5.32 Å². The highest BCUT2D eigenvalue weighted by atomic mass is 15.0. The van der Waals surface area contributed by atoms with E-state index in [0.717, 1.165) is 23.8 Å². The van der Waals surface area contributed by atoms with Gasteiger partial charge in [-0.05, 0) is 38.0 Å². The number of hydrogen-bond donors (Lipinski definition) is 1. The third-order valence-corrected chi connectivity index (χ3v) is 3.81. The number of aromatic nitrogens is 2. The molecule has 1 atom stereocenters. The largest absolute Gasteiger partial charge is 0.367 e. The SMILES string of the molecule is CCc1cc(NC2CCCC(C)(C)C2)nc(C)n1. The van der Waals surface area contributed by atoms with Gasteiger partial charge in [0.25, 0.3) is 0 Å². The molecule has 1 saturated carbocycles. The summed E-state index contributed by atoms with van der Waals surface area (Å²) in [6.45, 7) is 8.83. The Labute approximate surface area is 110 Å². The Morgan fingerprint density at radius 3 is 2.83 bits per heavy atom. The summed E-state index contributed by atoms with van der Waals surface area (Å²) in [7, 11) is 0. The quantitative estimate of drug-likeness (QED) is 0.884. The van der Waals surface area contributed by atoms with Gasteiger partial charge < -0.3 is 5.32 Å². The molecule has 1 N–H and O–H groups in total. The number of rotatable bonds is 3. The van der Waals surface area contributed by atoms with Crippen molar-refractivity contribution >= 4 is 5.82 Å². The highest BCUT2D eigenvalue weighted by Crippen LogP contribution is 2.36. The van der Waals surface area contributed by atoms with Crippen LogP contribution in [0.1, 0.15) is 58.0 Å². The summed E-state index contributed by atoms with van der Waals surface area (Å²) >= 11 is 0. The zero-order valence-electron chi connectivity index (χ0n) is 12.1. The smallest absolute Gasteiger partial charge is 0.130 e. The first kappa shape index (κ1) is 13.3. The van der Waals surface area contributed by atoms with Crippen molar-refractivity contribution in [1.29, 1.82) is 0 Å². The molecule has 1 aromatic heterocycles. The summed E-state index contributed by atoms with van der Waals surface area (Å²) < 4.78 is 0. The van der Waals surface area contributed by atoms with Crippen LogP contribution in [0.15, 0.2) is 6.07 Å². The molecular formula is C15H25N3. The summed E-state index contributed by atoms with van der Waals surface area (Å²) in [4.78, 5) is 8.92. The maximum atomic E-state index is 4.50. The van der Waals surface area contributed by atoms with Gasteiger partial charge in [0.05, 0.1) is 0 Å². The minimum absolute atomic E-state index is 0.464. The molecule has 0 bridgehead atoms. The molecule has 1 aliphatic rings. The summed E-state index contributed by atoms with van der Waals surface area (Å²) in [6, 6.07) is 2.65. The third-order valence-electron chi connectivity index (χ3n) is 3.81. The normalized spacial score (nSPS) is 22.8. The van der Waals surface area contributed by atoms with E-state index in [-0.39, 0.29) is 0 Å². The minimum Gasteiger partial charge on any atom is -0.367 e. The van der Waals surface area contributed by atoms with Crippen LogP contribution in [0.3, 0.4) is 0 Å². The molecule has 0 aromatic carbocycles. The first-order valence-electron chi connectivity index (χ1n) is 7.09. The number of aryl methyl sites for hydroxylation is 2. The summed E-state index contributed by atoms with van der Waals surface area (Å²) in [5.74, 6) is 1.87. The fraction of sp³-hybridized carbons (Fsp3) is 0.733. The van der Waals surface area contributed by atoms with Gasteiger partial charge in [0.1, 0.15) is 11.6 Å². The lowest BCUT2D eigenvalue weighted by molar-refractivity contribution is 0.229. The summed E-state index contributed by atoms with van der Waals surface area (Å²) in [6.07, 6.45) is 6.11. The van der Waals surface area contributed by atoms with E-state index < -0.39 is 0 Å². The van der Waals surface area contributed by atoms with Gasteiger partial charge in [0.2, 0.25) is 0 Å². The van der Waals surface area contributed by atoms with Gasteiger partial charge in [-0.25, -0.2) is 9.97 Å². The van der Waals surface area contributed by atoms with Crippen molar-refractivity contribution in [3.05, 3.63) is 17.6 Å². The lowest BCUT2D eigenvalue weighted by atomic mass is 9.75. The van der Waals surface area contributed by atoms with E-state index in [9.17, 15) is 0 Å². The van der Waals surface area contributed by atoms with Crippen molar-refractivity contribution < 1.29 is 0 Å². The minimum atomic E-state index is 0.464. The van der Waals surface area contributed by atoms with E-state index in [1.54, 1.807) is 0 Å². The molecule has 0 radical (unpaired) electrons. The van der Waals surface area contributed by atoms with Crippen LogP contribution in [0.2, 0.25) is 0 Å². The predicted molar refractivity (Wildman–Crippen MR) is 75.8 cm³/mol. The van der Waals surface area contributed by atoms with Gasteiger partial charge in [-0.2, -0.15) is 0 Å². The van der Waals surface area contributed by atoms with Crippen LogP contribution >= 0.6 is 0 Å². The Morgan fingerprint density at radius 2 is 2.17 bits per heavy atom. The topological polar surface area (TPSA) is 37.8 Å².